The highest BCUT2D eigenvalue weighted by molar-refractivity contribution is 6.25. The quantitative estimate of drug-likeness (QED) is 0.161. The van der Waals surface area contributed by atoms with E-state index >= 15 is 0 Å². The maximum absolute atomic E-state index is 2.42. The van der Waals surface area contributed by atoms with E-state index < -0.39 is 0 Å². The zero-order valence-electron chi connectivity index (χ0n) is 28.5. The number of rotatable bonds is 6. The van der Waals surface area contributed by atoms with Gasteiger partial charge in [0.05, 0.1) is 16.7 Å². The maximum Gasteiger partial charge on any atom is 0.0546 e. The standard InChI is InChI=1S/C50H34N2/c1-4-17-35(18-5-1)48-42-25-10-11-26-43(42)49(36-19-6-2-7-20-36)50-44(48)27-16-30-47(50)51(37-21-8-3-9-22-37)38-31-33-39(34-32-38)52-45-28-14-12-23-40(45)41-24-13-15-29-46(41)52/h1-34H. The zero-order valence-corrected chi connectivity index (χ0v) is 28.5. The molecule has 1 heterocycles. The van der Waals surface area contributed by atoms with E-state index in [2.05, 4.69) is 216 Å². The molecule has 0 spiro atoms. The van der Waals surface area contributed by atoms with Crippen LogP contribution in [0, 0.1) is 0 Å². The lowest BCUT2D eigenvalue weighted by atomic mass is 9.85. The van der Waals surface area contributed by atoms with Gasteiger partial charge in [0.25, 0.3) is 0 Å². The van der Waals surface area contributed by atoms with Crippen molar-refractivity contribution in [2.45, 2.75) is 0 Å². The maximum atomic E-state index is 2.42. The molecule has 0 radical (unpaired) electrons. The molecule has 1 aromatic heterocycles. The van der Waals surface area contributed by atoms with Gasteiger partial charge in [-0.2, -0.15) is 0 Å². The SMILES string of the molecule is c1ccc(-c2c3ccccc3c(-c3ccccc3)c3c(N(c4ccccc4)c4ccc(-n5c6ccccc6c6ccccc65)cc4)cccc23)cc1. The van der Waals surface area contributed by atoms with Crippen LogP contribution in [0.25, 0.3) is 71.3 Å². The molecule has 0 aliphatic carbocycles. The molecule has 10 aromatic rings. The number of benzene rings is 9. The second kappa shape index (κ2) is 12.5. The molecule has 10 rings (SSSR count). The first-order valence-electron chi connectivity index (χ1n) is 17.9. The summed E-state index contributed by atoms with van der Waals surface area (Å²) >= 11 is 0. The van der Waals surface area contributed by atoms with Crippen LogP contribution in [-0.4, -0.2) is 4.57 Å². The molecular weight excluding hydrogens is 629 g/mol. The summed E-state index contributed by atoms with van der Waals surface area (Å²) in [6.45, 7) is 0. The Morgan fingerprint density at radius 3 is 1.35 bits per heavy atom. The summed E-state index contributed by atoms with van der Waals surface area (Å²) in [7, 11) is 0. The first-order chi connectivity index (χ1) is 25.8. The summed E-state index contributed by atoms with van der Waals surface area (Å²) in [5.74, 6) is 0. The van der Waals surface area contributed by atoms with Crippen LogP contribution in [0.15, 0.2) is 206 Å². The van der Waals surface area contributed by atoms with Crippen LogP contribution in [0.2, 0.25) is 0 Å². The summed E-state index contributed by atoms with van der Waals surface area (Å²) in [5, 5.41) is 7.46. The highest BCUT2D eigenvalue weighted by Gasteiger charge is 2.23. The fourth-order valence-electron chi connectivity index (χ4n) is 8.17. The normalized spacial score (nSPS) is 11.5. The topological polar surface area (TPSA) is 8.17 Å². The van der Waals surface area contributed by atoms with Gasteiger partial charge in [-0.1, -0.05) is 152 Å². The van der Waals surface area contributed by atoms with Crippen molar-refractivity contribution < 1.29 is 0 Å². The van der Waals surface area contributed by atoms with Gasteiger partial charge in [-0.05, 0) is 93.0 Å². The lowest BCUT2D eigenvalue weighted by Crippen LogP contribution is -2.11. The van der Waals surface area contributed by atoms with Crippen molar-refractivity contribution in [3.05, 3.63) is 206 Å². The number of anilines is 3. The summed E-state index contributed by atoms with van der Waals surface area (Å²) in [4.78, 5) is 2.42. The molecule has 2 nitrogen and oxygen atoms in total. The third-order valence-electron chi connectivity index (χ3n) is 10.4. The number of hydrogen-bond acceptors (Lipinski definition) is 1. The van der Waals surface area contributed by atoms with E-state index in [-0.39, 0.29) is 0 Å². The van der Waals surface area contributed by atoms with E-state index in [0.29, 0.717) is 0 Å². The molecule has 0 aliphatic heterocycles. The minimum absolute atomic E-state index is 1.09. The summed E-state index contributed by atoms with van der Waals surface area (Å²) in [5.41, 5.74) is 11.8. The van der Waals surface area contributed by atoms with Crippen LogP contribution in [0.3, 0.4) is 0 Å². The van der Waals surface area contributed by atoms with Gasteiger partial charge in [-0.15, -0.1) is 0 Å². The highest BCUT2D eigenvalue weighted by Crippen LogP contribution is 2.49. The summed E-state index contributed by atoms with van der Waals surface area (Å²) < 4.78 is 2.38. The number of fused-ring (bicyclic) bond motifs is 5. The molecule has 0 saturated carbocycles. The zero-order chi connectivity index (χ0) is 34.4. The van der Waals surface area contributed by atoms with Crippen molar-refractivity contribution in [3.8, 4) is 27.9 Å². The summed E-state index contributed by atoms with van der Waals surface area (Å²) in [6, 6.07) is 74.6. The fraction of sp³-hybridized carbons (Fsp3) is 0. The van der Waals surface area contributed by atoms with Gasteiger partial charge in [-0.25, -0.2) is 0 Å². The Bertz CT molecular complexity index is 2820. The molecule has 0 amide bonds. The van der Waals surface area contributed by atoms with Crippen molar-refractivity contribution >= 4 is 60.4 Å². The van der Waals surface area contributed by atoms with Gasteiger partial charge in [0.2, 0.25) is 0 Å². The van der Waals surface area contributed by atoms with Crippen molar-refractivity contribution in [2.75, 3.05) is 4.90 Å². The fourth-order valence-corrected chi connectivity index (χ4v) is 8.17. The number of hydrogen-bond donors (Lipinski definition) is 0. The predicted molar refractivity (Wildman–Crippen MR) is 221 cm³/mol. The van der Waals surface area contributed by atoms with Crippen molar-refractivity contribution in [3.63, 3.8) is 0 Å². The van der Waals surface area contributed by atoms with Gasteiger partial charge in [0, 0.05) is 33.2 Å². The van der Waals surface area contributed by atoms with E-state index in [0.717, 1.165) is 22.7 Å². The molecule has 0 unspecified atom stereocenters. The molecule has 0 saturated heterocycles. The van der Waals surface area contributed by atoms with Gasteiger partial charge < -0.3 is 9.47 Å². The molecule has 0 fully saturated rings. The third-order valence-corrected chi connectivity index (χ3v) is 10.4. The highest BCUT2D eigenvalue weighted by atomic mass is 15.1. The first-order valence-corrected chi connectivity index (χ1v) is 17.9. The first kappa shape index (κ1) is 30.0. The van der Waals surface area contributed by atoms with Gasteiger partial charge in [-0.3, -0.25) is 0 Å². The van der Waals surface area contributed by atoms with E-state index in [1.807, 2.05) is 0 Å². The molecule has 0 N–H and O–H groups in total. The lowest BCUT2D eigenvalue weighted by molar-refractivity contribution is 1.17. The Balaban J connectivity index is 1.26. The smallest absolute Gasteiger partial charge is 0.0546 e. The van der Waals surface area contributed by atoms with Crippen LogP contribution < -0.4 is 4.90 Å². The van der Waals surface area contributed by atoms with Crippen LogP contribution in [0.1, 0.15) is 0 Å². The lowest BCUT2D eigenvalue weighted by Gasteiger charge is -2.29. The second-order valence-corrected chi connectivity index (χ2v) is 13.3. The molecule has 0 bridgehead atoms. The van der Waals surface area contributed by atoms with Crippen molar-refractivity contribution in [1.82, 2.24) is 4.57 Å². The average molecular weight is 663 g/mol. The molecule has 9 aromatic carbocycles. The minimum atomic E-state index is 1.09. The van der Waals surface area contributed by atoms with Gasteiger partial charge in [0.15, 0.2) is 0 Å². The predicted octanol–water partition coefficient (Wildman–Crippen LogP) is 13.9. The van der Waals surface area contributed by atoms with Gasteiger partial charge in [0.1, 0.15) is 0 Å². The Morgan fingerprint density at radius 2 is 0.750 bits per heavy atom. The van der Waals surface area contributed by atoms with E-state index in [4.69, 9.17) is 0 Å². The van der Waals surface area contributed by atoms with E-state index in [1.54, 1.807) is 0 Å². The molecule has 0 aliphatic rings. The van der Waals surface area contributed by atoms with Crippen molar-refractivity contribution in [1.29, 1.82) is 0 Å². The van der Waals surface area contributed by atoms with Crippen LogP contribution in [0.5, 0.6) is 0 Å². The minimum Gasteiger partial charge on any atom is -0.310 e. The van der Waals surface area contributed by atoms with Gasteiger partial charge >= 0.3 is 0 Å². The van der Waals surface area contributed by atoms with Crippen LogP contribution in [0.4, 0.5) is 17.1 Å². The molecule has 52 heavy (non-hydrogen) atoms. The molecule has 0 atom stereocenters. The number of aromatic nitrogens is 1. The number of para-hydroxylation sites is 3. The molecule has 244 valence electrons. The van der Waals surface area contributed by atoms with Crippen LogP contribution >= 0.6 is 0 Å². The average Bonchev–Trinajstić information content (AvgIpc) is 3.56. The van der Waals surface area contributed by atoms with E-state index in [9.17, 15) is 0 Å². The number of nitrogens with zero attached hydrogens (tertiary/aromatic N) is 2. The molecular formula is C50H34N2. The summed E-state index contributed by atoms with van der Waals surface area (Å²) in [6.07, 6.45) is 0. The van der Waals surface area contributed by atoms with E-state index in [1.165, 1.54) is 65.6 Å². The van der Waals surface area contributed by atoms with Crippen molar-refractivity contribution in [2.24, 2.45) is 0 Å². The Hall–Kier alpha value is -6.90. The Labute approximate surface area is 303 Å². The monoisotopic (exact) mass is 662 g/mol. The molecule has 2 heteroatoms. The second-order valence-electron chi connectivity index (χ2n) is 13.3. The Kier molecular flexibility index (Phi) is 7.18. The third kappa shape index (κ3) is 4.80. The largest absolute Gasteiger partial charge is 0.310 e. The Morgan fingerprint density at radius 1 is 0.308 bits per heavy atom. The van der Waals surface area contributed by atoms with Crippen LogP contribution in [-0.2, 0) is 0 Å².